The molecule has 0 unspecified atom stereocenters. The molecule has 0 fully saturated rings. The Hall–Kier alpha value is -3.92. The van der Waals surface area contributed by atoms with Crippen LogP contribution in [0.15, 0.2) is 109 Å². The number of anilines is 2. The minimum absolute atomic E-state index is 0.626. The first-order valence-corrected chi connectivity index (χ1v) is 10.2. The predicted octanol–water partition coefficient (Wildman–Crippen LogP) is 5.64. The summed E-state index contributed by atoms with van der Waals surface area (Å²) in [7, 11) is 0. The van der Waals surface area contributed by atoms with E-state index in [1.807, 2.05) is 72.8 Å². The van der Waals surface area contributed by atoms with Gasteiger partial charge in [0, 0.05) is 23.5 Å². The molecule has 0 spiro atoms. The number of ether oxygens (including phenoxy) is 2. The molecule has 4 N–H and O–H groups in total. The van der Waals surface area contributed by atoms with Gasteiger partial charge in [-0.2, -0.15) is 0 Å². The minimum Gasteiger partial charge on any atom is -0.453 e. The molecule has 0 aromatic heterocycles. The number of benzene rings is 4. The third kappa shape index (κ3) is 4.48. The summed E-state index contributed by atoms with van der Waals surface area (Å²) in [6.07, 6.45) is -0.694. The zero-order valence-corrected chi connectivity index (χ0v) is 17.4. The Balaban J connectivity index is 1.85. The Labute approximate surface area is 183 Å². The van der Waals surface area contributed by atoms with Crippen LogP contribution in [0.4, 0.5) is 11.4 Å². The van der Waals surface area contributed by atoms with E-state index in [4.69, 9.17) is 20.9 Å². The van der Waals surface area contributed by atoms with Crippen molar-refractivity contribution in [3.63, 3.8) is 0 Å². The topological polar surface area (TPSA) is 70.5 Å². The fraction of sp³-hybridized carbons (Fsp3) is 0.111. The molecule has 0 aliphatic rings. The van der Waals surface area contributed by atoms with E-state index in [9.17, 15) is 0 Å². The van der Waals surface area contributed by atoms with E-state index < -0.39 is 11.7 Å². The molecule has 0 aliphatic heterocycles. The molecule has 0 radical (unpaired) electrons. The molecule has 0 saturated heterocycles. The maximum absolute atomic E-state index is 6.47. The van der Waals surface area contributed by atoms with Gasteiger partial charge < -0.3 is 20.9 Å². The fourth-order valence-electron chi connectivity index (χ4n) is 3.69. The van der Waals surface area contributed by atoms with Crippen LogP contribution in [0.3, 0.4) is 0 Å². The first kappa shape index (κ1) is 20.4. The summed E-state index contributed by atoms with van der Waals surface area (Å²) < 4.78 is 12.9. The van der Waals surface area contributed by atoms with Gasteiger partial charge in [0.25, 0.3) is 6.29 Å². The Bertz CT molecular complexity index is 1040. The van der Waals surface area contributed by atoms with Gasteiger partial charge in [-0.15, -0.1) is 0 Å². The highest BCUT2D eigenvalue weighted by Gasteiger charge is 2.41. The second-order valence-electron chi connectivity index (χ2n) is 7.65. The van der Waals surface area contributed by atoms with Crippen molar-refractivity contribution in [1.82, 2.24) is 0 Å². The maximum atomic E-state index is 6.47. The van der Waals surface area contributed by atoms with E-state index in [0.717, 1.165) is 11.1 Å². The van der Waals surface area contributed by atoms with Gasteiger partial charge in [0.1, 0.15) is 11.5 Å². The van der Waals surface area contributed by atoms with Crippen molar-refractivity contribution in [1.29, 1.82) is 0 Å². The third-order valence-electron chi connectivity index (χ3n) is 5.42. The molecule has 0 aliphatic carbocycles. The van der Waals surface area contributed by atoms with Crippen molar-refractivity contribution in [2.24, 2.45) is 0 Å². The van der Waals surface area contributed by atoms with Crippen molar-refractivity contribution in [3.8, 4) is 11.5 Å². The Morgan fingerprint density at radius 2 is 1.00 bits per heavy atom. The smallest absolute Gasteiger partial charge is 0.254 e. The molecule has 31 heavy (non-hydrogen) atoms. The summed E-state index contributed by atoms with van der Waals surface area (Å²) in [5.74, 6) is 1.26. The SMILES string of the molecule is CC(c1ccccc1)(c1ccccc1)C(Oc1cccc(N)c1)Oc1cccc(N)c1. The molecule has 0 heterocycles. The molecule has 4 rings (SSSR count). The van der Waals surface area contributed by atoms with Crippen LogP contribution in [0, 0.1) is 0 Å². The third-order valence-corrected chi connectivity index (χ3v) is 5.42. The van der Waals surface area contributed by atoms with Gasteiger partial charge in [-0.25, -0.2) is 0 Å². The highest BCUT2D eigenvalue weighted by molar-refractivity contribution is 5.46. The molecule has 4 nitrogen and oxygen atoms in total. The Kier molecular flexibility index (Phi) is 5.80. The van der Waals surface area contributed by atoms with Crippen LogP contribution in [0.25, 0.3) is 0 Å². The van der Waals surface area contributed by atoms with Crippen LogP contribution in [0.5, 0.6) is 11.5 Å². The Morgan fingerprint density at radius 3 is 1.39 bits per heavy atom. The fourth-order valence-corrected chi connectivity index (χ4v) is 3.69. The van der Waals surface area contributed by atoms with E-state index in [1.54, 1.807) is 12.1 Å². The average molecular weight is 411 g/mol. The number of nitrogens with two attached hydrogens (primary N) is 2. The average Bonchev–Trinajstić information content (AvgIpc) is 2.79. The number of hydrogen-bond donors (Lipinski definition) is 2. The van der Waals surface area contributed by atoms with Crippen molar-refractivity contribution in [2.45, 2.75) is 18.6 Å². The molecular formula is C27H26N2O2. The molecule has 0 saturated carbocycles. The lowest BCUT2D eigenvalue weighted by Crippen LogP contribution is -2.46. The highest BCUT2D eigenvalue weighted by Crippen LogP contribution is 2.39. The van der Waals surface area contributed by atoms with Crippen LogP contribution in [-0.4, -0.2) is 6.29 Å². The summed E-state index contributed by atoms with van der Waals surface area (Å²) >= 11 is 0. The van der Waals surface area contributed by atoms with E-state index in [-0.39, 0.29) is 0 Å². The number of hydrogen-bond acceptors (Lipinski definition) is 4. The first-order chi connectivity index (χ1) is 15.1. The lowest BCUT2D eigenvalue weighted by Gasteiger charge is -2.38. The standard InChI is InChI=1S/C27H26N2O2/c1-27(20-10-4-2-5-11-20,21-12-6-3-7-13-21)26(30-24-16-8-14-22(28)18-24)31-25-17-9-15-23(29)19-25/h2-19,26H,28-29H2,1H3. The number of nitrogen functional groups attached to an aromatic ring is 2. The van der Waals surface area contributed by atoms with E-state index >= 15 is 0 Å². The molecular weight excluding hydrogens is 384 g/mol. The number of rotatable bonds is 7. The molecule has 156 valence electrons. The molecule has 4 aromatic rings. The lowest BCUT2D eigenvalue weighted by molar-refractivity contribution is -0.0392. The molecule has 0 bridgehead atoms. The van der Waals surface area contributed by atoms with Gasteiger partial charge in [0.05, 0.1) is 5.41 Å². The first-order valence-electron chi connectivity index (χ1n) is 10.2. The van der Waals surface area contributed by atoms with E-state index in [2.05, 4.69) is 31.2 Å². The quantitative estimate of drug-likeness (QED) is 0.305. The highest BCUT2D eigenvalue weighted by atomic mass is 16.7. The van der Waals surface area contributed by atoms with Crippen LogP contribution >= 0.6 is 0 Å². The monoisotopic (exact) mass is 410 g/mol. The second-order valence-corrected chi connectivity index (χ2v) is 7.65. The second kappa shape index (κ2) is 8.84. The minimum atomic E-state index is -0.694. The normalized spacial score (nSPS) is 11.3. The van der Waals surface area contributed by atoms with Gasteiger partial charge in [0.2, 0.25) is 0 Å². The van der Waals surface area contributed by atoms with E-state index in [0.29, 0.717) is 22.9 Å². The summed E-state index contributed by atoms with van der Waals surface area (Å²) in [5.41, 5.74) is 14.8. The predicted molar refractivity (Wildman–Crippen MR) is 126 cm³/mol. The summed E-state index contributed by atoms with van der Waals surface area (Å²) in [5, 5.41) is 0. The Morgan fingerprint density at radius 1 is 0.581 bits per heavy atom. The largest absolute Gasteiger partial charge is 0.453 e. The summed E-state index contributed by atoms with van der Waals surface area (Å²) in [6.45, 7) is 2.13. The van der Waals surface area contributed by atoms with Gasteiger partial charge in [-0.3, -0.25) is 0 Å². The zero-order valence-electron chi connectivity index (χ0n) is 17.4. The maximum Gasteiger partial charge on any atom is 0.254 e. The van der Waals surface area contributed by atoms with Gasteiger partial charge in [0.15, 0.2) is 0 Å². The molecule has 4 aromatic carbocycles. The molecule has 0 amide bonds. The zero-order chi connectivity index (χ0) is 21.7. The van der Waals surface area contributed by atoms with Gasteiger partial charge in [-0.1, -0.05) is 72.8 Å². The van der Waals surface area contributed by atoms with Crippen LogP contribution < -0.4 is 20.9 Å². The summed E-state index contributed by atoms with van der Waals surface area (Å²) in [4.78, 5) is 0. The van der Waals surface area contributed by atoms with Gasteiger partial charge in [-0.05, 0) is 42.3 Å². The molecule has 4 heteroatoms. The lowest BCUT2D eigenvalue weighted by atomic mass is 9.75. The van der Waals surface area contributed by atoms with Crippen molar-refractivity contribution < 1.29 is 9.47 Å². The van der Waals surface area contributed by atoms with Crippen molar-refractivity contribution >= 4 is 11.4 Å². The molecule has 0 atom stereocenters. The van der Waals surface area contributed by atoms with Crippen molar-refractivity contribution in [3.05, 3.63) is 120 Å². The van der Waals surface area contributed by atoms with Crippen molar-refractivity contribution in [2.75, 3.05) is 11.5 Å². The van der Waals surface area contributed by atoms with E-state index in [1.165, 1.54) is 0 Å². The van der Waals surface area contributed by atoms with Crippen LogP contribution in [0.2, 0.25) is 0 Å². The van der Waals surface area contributed by atoms with Crippen LogP contribution in [-0.2, 0) is 5.41 Å². The van der Waals surface area contributed by atoms with Gasteiger partial charge >= 0.3 is 0 Å². The summed E-state index contributed by atoms with van der Waals surface area (Å²) in [6, 6.07) is 35.2. The van der Waals surface area contributed by atoms with Crippen LogP contribution in [0.1, 0.15) is 18.1 Å².